The number of hydrogen-bond acceptors (Lipinski definition) is 3. The van der Waals surface area contributed by atoms with Crippen LogP contribution in [-0.4, -0.2) is 11.5 Å². The summed E-state index contributed by atoms with van der Waals surface area (Å²) < 4.78 is 0. The maximum atomic E-state index is 11.0. The van der Waals surface area contributed by atoms with E-state index in [0.717, 1.165) is 18.4 Å². The van der Waals surface area contributed by atoms with Crippen LogP contribution in [0, 0.1) is 10.1 Å². The fraction of sp³-hybridized carbons (Fsp3) is 0.200. The lowest BCUT2D eigenvalue weighted by Crippen LogP contribution is -2.00. The maximum absolute atomic E-state index is 11.0. The van der Waals surface area contributed by atoms with Crippen LogP contribution in [0.4, 0.5) is 5.69 Å². The topological polar surface area (TPSA) is 69.2 Å². The zero-order chi connectivity index (χ0) is 13.7. The molecular weight excluding hydrogens is 240 g/mol. The van der Waals surface area contributed by atoms with E-state index in [0.29, 0.717) is 12.1 Å². The molecule has 0 atom stereocenters. The Balaban J connectivity index is 2.30. The van der Waals surface area contributed by atoms with E-state index in [1.54, 1.807) is 12.1 Å². The molecule has 0 aliphatic heterocycles. The molecule has 0 saturated heterocycles. The third-order valence-electron chi connectivity index (χ3n) is 3.04. The Hall–Kier alpha value is -2.20. The van der Waals surface area contributed by atoms with Gasteiger partial charge in [0.2, 0.25) is 0 Å². The molecule has 2 aromatic carbocycles. The molecule has 0 aliphatic carbocycles. The maximum Gasteiger partial charge on any atom is 0.277 e. The van der Waals surface area contributed by atoms with Gasteiger partial charge in [-0.1, -0.05) is 36.4 Å². The van der Waals surface area contributed by atoms with Gasteiger partial charge < -0.3 is 5.73 Å². The lowest BCUT2D eigenvalue weighted by molar-refractivity contribution is -0.384. The van der Waals surface area contributed by atoms with E-state index in [-0.39, 0.29) is 10.6 Å². The first-order chi connectivity index (χ1) is 9.22. The molecule has 19 heavy (non-hydrogen) atoms. The molecule has 0 bridgehead atoms. The Morgan fingerprint density at radius 1 is 1.05 bits per heavy atom. The van der Waals surface area contributed by atoms with Crippen LogP contribution in [0.3, 0.4) is 0 Å². The van der Waals surface area contributed by atoms with Crippen LogP contribution in [0.2, 0.25) is 0 Å². The van der Waals surface area contributed by atoms with E-state index in [1.165, 1.54) is 11.6 Å². The smallest absolute Gasteiger partial charge is 0.277 e. The molecule has 98 valence electrons. The van der Waals surface area contributed by atoms with E-state index >= 15 is 0 Å². The molecular formula is C15H16N2O2. The zero-order valence-corrected chi connectivity index (χ0v) is 10.6. The first-order valence-corrected chi connectivity index (χ1v) is 6.25. The van der Waals surface area contributed by atoms with Crippen LogP contribution < -0.4 is 5.73 Å². The predicted molar refractivity (Wildman–Crippen MR) is 75.9 cm³/mol. The van der Waals surface area contributed by atoms with Crippen LogP contribution in [0.25, 0.3) is 11.1 Å². The highest BCUT2D eigenvalue weighted by Crippen LogP contribution is 2.29. The van der Waals surface area contributed by atoms with E-state index in [2.05, 4.69) is 0 Å². The van der Waals surface area contributed by atoms with Gasteiger partial charge in [-0.3, -0.25) is 10.1 Å². The van der Waals surface area contributed by atoms with Crippen LogP contribution >= 0.6 is 0 Å². The molecule has 0 radical (unpaired) electrons. The molecule has 4 nitrogen and oxygen atoms in total. The number of benzene rings is 2. The Labute approximate surface area is 112 Å². The Morgan fingerprint density at radius 3 is 2.37 bits per heavy atom. The van der Waals surface area contributed by atoms with Crippen LogP contribution in [0.5, 0.6) is 0 Å². The number of hydrogen-bond donors (Lipinski definition) is 1. The van der Waals surface area contributed by atoms with Gasteiger partial charge >= 0.3 is 0 Å². The van der Waals surface area contributed by atoms with Crippen LogP contribution in [-0.2, 0) is 6.42 Å². The highest BCUT2D eigenvalue weighted by Gasteiger charge is 2.13. The highest BCUT2D eigenvalue weighted by atomic mass is 16.6. The minimum atomic E-state index is -0.350. The molecule has 0 fully saturated rings. The summed E-state index contributed by atoms with van der Waals surface area (Å²) in [6.07, 6.45) is 1.89. The van der Waals surface area contributed by atoms with E-state index in [9.17, 15) is 10.1 Å². The summed E-state index contributed by atoms with van der Waals surface area (Å²) in [6.45, 7) is 0.673. The van der Waals surface area contributed by atoms with E-state index < -0.39 is 0 Å². The largest absolute Gasteiger partial charge is 0.330 e. The first kappa shape index (κ1) is 13.2. The van der Waals surface area contributed by atoms with Gasteiger partial charge in [0.05, 0.1) is 10.5 Å². The van der Waals surface area contributed by atoms with Crippen LogP contribution in [0.1, 0.15) is 12.0 Å². The molecule has 0 amide bonds. The molecule has 0 spiro atoms. The summed E-state index contributed by atoms with van der Waals surface area (Å²) in [6, 6.07) is 14.6. The first-order valence-electron chi connectivity index (χ1n) is 6.25. The summed E-state index contributed by atoms with van der Waals surface area (Å²) in [7, 11) is 0. The third-order valence-corrected chi connectivity index (χ3v) is 3.04. The lowest BCUT2D eigenvalue weighted by atomic mass is 10.0. The number of para-hydroxylation sites is 1. The number of nitro groups is 1. The summed E-state index contributed by atoms with van der Waals surface area (Å²) >= 11 is 0. The van der Waals surface area contributed by atoms with E-state index in [4.69, 9.17) is 5.73 Å². The number of nitro benzene ring substituents is 1. The molecule has 0 aromatic heterocycles. The number of nitrogens with two attached hydrogens (primary N) is 1. The second kappa shape index (κ2) is 6.11. The Bertz CT molecular complexity index is 565. The quantitative estimate of drug-likeness (QED) is 0.660. The average molecular weight is 256 g/mol. The molecule has 0 unspecified atom stereocenters. The summed E-state index contributed by atoms with van der Waals surface area (Å²) in [5.74, 6) is 0. The predicted octanol–water partition coefficient (Wildman–Crippen LogP) is 3.15. The standard InChI is InChI=1S/C15H16N2O2/c16-11-3-4-12-7-9-13(10-8-12)14-5-1-2-6-15(14)17(18)19/h1-2,5-10H,3-4,11,16H2. The molecule has 2 rings (SSSR count). The Morgan fingerprint density at radius 2 is 1.74 bits per heavy atom. The van der Waals surface area contributed by atoms with Gasteiger partial charge in [0.15, 0.2) is 0 Å². The van der Waals surface area contributed by atoms with Crippen molar-refractivity contribution < 1.29 is 4.92 Å². The van der Waals surface area contributed by atoms with Gasteiger partial charge in [0.1, 0.15) is 0 Å². The molecule has 0 saturated carbocycles. The minimum absolute atomic E-state index is 0.136. The summed E-state index contributed by atoms with van der Waals surface area (Å²) in [5, 5.41) is 11.0. The van der Waals surface area contributed by atoms with Gasteiger partial charge in [0, 0.05) is 6.07 Å². The Kier molecular flexibility index (Phi) is 4.26. The van der Waals surface area contributed by atoms with Crippen molar-refractivity contribution in [2.75, 3.05) is 6.54 Å². The van der Waals surface area contributed by atoms with Crippen molar-refractivity contribution in [3.63, 3.8) is 0 Å². The SMILES string of the molecule is NCCCc1ccc(-c2ccccc2[N+](=O)[O-])cc1. The molecule has 2 aromatic rings. The highest BCUT2D eigenvalue weighted by molar-refractivity contribution is 5.73. The number of rotatable bonds is 5. The number of nitrogens with zero attached hydrogens (tertiary/aromatic N) is 1. The van der Waals surface area contributed by atoms with Gasteiger partial charge in [-0.05, 0) is 36.6 Å². The molecule has 0 heterocycles. The molecule has 0 aliphatic rings. The zero-order valence-electron chi connectivity index (χ0n) is 10.6. The summed E-state index contributed by atoms with van der Waals surface area (Å²) in [4.78, 5) is 10.6. The van der Waals surface area contributed by atoms with Gasteiger partial charge in [-0.2, -0.15) is 0 Å². The van der Waals surface area contributed by atoms with Crippen molar-refractivity contribution in [1.82, 2.24) is 0 Å². The van der Waals surface area contributed by atoms with Crippen molar-refractivity contribution in [2.45, 2.75) is 12.8 Å². The van der Waals surface area contributed by atoms with Crippen molar-refractivity contribution in [1.29, 1.82) is 0 Å². The van der Waals surface area contributed by atoms with Gasteiger partial charge in [-0.25, -0.2) is 0 Å². The number of aryl methyl sites for hydroxylation is 1. The van der Waals surface area contributed by atoms with Crippen molar-refractivity contribution >= 4 is 5.69 Å². The van der Waals surface area contributed by atoms with Gasteiger partial charge in [0.25, 0.3) is 5.69 Å². The minimum Gasteiger partial charge on any atom is -0.330 e. The van der Waals surface area contributed by atoms with Crippen molar-refractivity contribution in [2.24, 2.45) is 5.73 Å². The third kappa shape index (κ3) is 3.17. The normalized spacial score (nSPS) is 10.4. The molecule has 4 heteroatoms. The second-order valence-corrected chi connectivity index (χ2v) is 4.36. The fourth-order valence-corrected chi connectivity index (χ4v) is 2.03. The van der Waals surface area contributed by atoms with E-state index in [1.807, 2.05) is 30.3 Å². The monoisotopic (exact) mass is 256 g/mol. The fourth-order valence-electron chi connectivity index (χ4n) is 2.03. The molecule has 2 N–H and O–H groups in total. The summed E-state index contributed by atoms with van der Waals surface area (Å²) in [5.41, 5.74) is 8.33. The van der Waals surface area contributed by atoms with Crippen molar-refractivity contribution in [3.8, 4) is 11.1 Å². The second-order valence-electron chi connectivity index (χ2n) is 4.36. The van der Waals surface area contributed by atoms with Gasteiger partial charge in [-0.15, -0.1) is 0 Å². The lowest BCUT2D eigenvalue weighted by Gasteiger charge is -2.05. The van der Waals surface area contributed by atoms with Crippen LogP contribution in [0.15, 0.2) is 48.5 Å². The average Bonchev–Trinajstić information content (AvgIpc) is 2.45. The van der Waals surface area contributed by atoms with Crippen molar-refractivity contribution in [3.05, 3.63) is 64.2 Å².